The summed E-state index contributed by atoms with van der Waals surface area (Å²) in [5.41, 5.74) is 0. The van der Waals surface area contributed by atoms with Crippen LogP contribution in [0.2, 0.25) is 0 Å². The second-order valence-electron chi connectivity index (χ2n) is 1.33. The van der Waals surface area contributed by atoms with Crippen molar-refractivity contribution < 1.29 is 13.2 Å². The molecular formula is C3Cl4F3. The van der Waals surface area contributed by atoms with Crippen molar-refractivity contribution in [2.24, 2.45) is 0 Å². The molecular weight excluding hydrogens is 235 g/mol. The molecule has 0 bridgehead atoms. The van der Waals surface area contributed by atoms with Crippen LogP contribution in [0.1, 0.15) is 0 Å². The lowest BCUT2D eigenvalue weighted by Gasteiger charge is -2.22. The molecule has 61 valence electrons. The molecule has 0 aromatic heterocycles. The molecule has 0 N–H and O–H groups in total. The highest BCUT2D eigenvalue weighted by Crippen LogP contribution is 2.49. The smallest absolute Gasteiger partial charge is 0.168 e. The van der Waals surface area contributed by atoms with Crippen LogP contribution in [0.3, 0.4) is 0 Å². The number of rotatable bonds is 1. The Kier molecular flexibility index (Phi) is 3.43. The van der Waals surface area contributed by atoms with Crippen LogP contribution in [0.15, 0.2) is 0 Å². The molecule has 0 saturated carbocycles. The SMILES string of the molecule is FC(F)(F)C(Cl)(Cl)[C](Cl)Cl. The Hall–Kier alpha value is 0.950. The summed E-state index contributed by atoms with van der Waals surface area (Å²) in [6.45, 7) is 0. The number of alkyl halides is 5. The first kappa shape index (κ1) is 11.0. The largest absolute Gasteiger partial charge is 0.424 e. The third-order valence-corrected chi connectivity index (χ3v) is 2.35. The van der Waals surface area contributed by atoms with Crippen LogP contribution in [0.4, 0.5) is 13.2 Å². The molecule has 7 heteroatoms. The fraction of sp³-hybridized carbons (Fsp3) is 0.667. The van der Waals surface area contributed by atoms with E-state index < -0.39 is 15.3 Å². The molecule has 0 heterocycles. The van der Waals surface area contributed by atoms with Gasteiger partial charge in [0, 0.05) is 0 Å². The lowest BCUT2D eigenvalue weighted by Crippen LogP contribution is -2.36. The third-order valence-electron chi connectivity index (χ3n) is 0.593. The standard InChI is InChI=1S/C3Cl4F3/c4-1(5)2(6,7)3(8,9)10. The van der Waals surface area contributed by atoms with E-state index >= 15 is 0 Å². The predicted octanol–water partition coefficient (Wildman–Crippen LogP) is 3.69. The van der Waals surface area contributed by atoms with Crippen LogP contribution >= 0.6 is 46.4 Å². The maximum absolute atomic E-state index is 11.6. The number of halogens is 7. The summed E-state index contributed by atoms with van der Waals surface area (Å²) in [7, 11) is 0. The van der Waals surface area contributed by atoms with Gasteiger partial charge in [-0.25, -0.2) is 0 Å². The molecule has 0 saturated heterocycles. The minimum Gasteiger partial charge on any atom is -0.168 e. The third kappa shape index (κ3) is 2.22. The molecule has 0 amide bonds. The monoisotopic (exact) mass is 233 g/mol. The zero-order valence-corrected chi connectivity index (χ0v) is 7.17. The Balaban J connectivity index is 4.40. The van der Waals surface area contributed by atoms with E-state index in [1.54, 1.807) is 0 Å². The van der Waals surface area contributed by atoms with Gasteiger partial charge in [-0.05, 0) is 0 Å². The highest BCUT2D eigenvalue weighted by Gasteiger charge is 2.57. The van der Waals surface area contributed by atoms with Crippen LogP contribution in [0.5, 0.6) is 0 Å². The van der Waals surface area contributed by atoms with Gasteiger partial charge in [-0.15, -0.1) is 0 Å². The molecule has 0 aliphatic carbocycles. The Morgan fingerprint density at radius 2 is 1.30 bits per heavy atom. The van der Waals surface area contributed by atoms with Crippen molar-refractivity contribution in [1.29, 1.82) is 0 Å². The van der Waals surface area contributed by atoms with Crippen molar-refractivity contribution in [1.82, 2.24) is 0 Å². The molecule has 0 rings (SSSR count). The normalized spacial score (nSPS) is 14.4. The van der Waals surface area contributed by atoms with Gasteiger partial charge in [0.2, 0.25) is 4.33 Å². The second-order valence-corrected chi connectivity index (χ2v) is 3.61. The quantitative estimate of drug-likeness (QED) is 0.608. The van der Waals surface area contributed by atoms with E-state index in [-0.39, 0.29) is 0 Å². The summed E-state index contributed by atoms with van der Waals surface area (Å²) in [5, 5.41) is 0. The van der Waals surface area contributed by atoms with Gasteiger partial charge < -0.3 is 0 Å². The maximum atomic E-state index is 11.6. The molecule has 0 aromatic carbocycles. The van der Waals surface area contributed by atoms with Crippen LogP contribution in [-0.4, -0.2) is 10.5 Å². The molecule has 0 atom stereocenters. The predicted molar refractivity (Wildman–Crippen MR) is 35.4 cm³/mol. The maximum Gasteiger partial charge on any atom is 0.424 e. The minimum absolute atomic E-state index is 1.14. The van der Waals surface area contributed by atoms with E-state index in [0.29, 0.717) is 0 Å². The fourth-order valence-electron chi connectivity index (χ4n) is 0.107. The Morgan fingerprint density at radius 3 is 1.30 bits per heavy atom. The van der Waals surface area contributed by atoms with E-state index in [4.69, 9.17) is 23.2 Å². The zero-order valence-electron chi connectivity index (χ0n) is 4.15. The average molecular weight is 235 g/mol. The molecule has 0 aliphatic rings. The second kappa shape index (κ2) is 3.13. The molecule has 0 aliphatic heterocycles. The van der Waals surface area contributed by atoms with Crippen molar-refractivity contribution in [2.45, 2.75) is 10.5 Å². The van der Waals surface area contributed by atoms with E-state index in [2.05, 4.69) is 23.2 Å². The zero-order chi connectivity index (χ0) is 8.58. The van der Waals surface area contributed by atoms with E-state index in [0.717, 1.165) is 0 Å². The highest BCUT2D eigenvalue weighted by molar-refractivity contribution is 6.65. The van der Waals surface area contributed by atoms with Gasteiger partial charge in [0.05, 0.1) is 0 Å². The van der Waals surface area contributed by atoms with Crippen molar-refractivity contribution in [3.63, 3.8) is 0 Å². The molecule has 0 nitrogen and oxygen atoms in total. The van der Waals surface area contributed by atoms with Gasteiger partial charge >= 0.3 is 6.18 Å². The lowest BCUT2D eigenvalue weighted by atomic mass is 10.4. The Morgan fingerprint density at radius 1 is 1.00 bits per heavy atom. The minimum atomic E-state index is -4.85. The van der Waals surface area contributed by atoms with Crippen molar-refractivity contribution in [3.8, 4) is 0 Å². The van der Waals surface area contributed by atoms with Gasteiger partial charge in [0.1, 0.15) is 0 Å². The van der Waals surface area contributed by atoms with E-state index in [9.17, 15) is 13.2 Å². The molecule has 0 fully saturated rings. The van der Waals surface area contributed by atoms with Crippen LogP contribution < -0.4 is 0 Å². The number of hydrogen-bond donors (Lipinski definition) is 0. The molecule has 0 spiro atoms. The Bertz CT molecular complexity index is 117. The van der Waals surface area contributed by atoms with Crippen LogP contribution in [-0.2, 0) is 0 Å². The van der Waals surface area contributed by atoms with Crippen molar-refractivity contribution >= 4 is 46.4 Å². The summed E-state index contributed by atoms with van der Waals surface area (Å²) in [6.07, 6.45) is -4.85. The van der Waals surface area contributed by atoms with Gasteiger partial charge in [0.25, 0.3) is 0 Å². The number of hydrogen-bond acceptors (Lipinski definition) is 0. The highest BCUT2D eigenvalue weighted by atomic mass is 35.5. The fourth-order valence-corrected chi connectivity index (χ4v) is 0.321. The van der Waals surface area contributed by atoms with E-state index in [1.807, 2.05) is 0 Å². The van der Waals surface area contributed by atoms with E-state index in [1.165, 1.54) is 0 Å². The lowest BCUT2D eigenvalue weighted by molar-refractivity contribution is -0.134. The molecule has 10 heavy (non-hydrogen) atoms. The molecule has 1 radical (unpaired) electrons. The van der Waals surface area contributed by atoms with Gasteiger partial charge in [-0.2, -0.15) is 13.2 Å². The molecule has 0 unspecified atom stereocenters. The summed E-state index contributed by atoms with van der Waals surface area (Å²) in [6, 6.07) is 0. The summed E-state index contributed by atoms with van der Waals surface area (Å²) < 4.78 is 31.7. The van der Waals surface area contributed by atoms with Gasteiger partial charge in [0.15, 0.2) is 4.84 Å². The van der Waals surface area contributed by atoms with Crippen LogP contribution in [0.25, 0.3) is 0 Å². The Labute approximate surface area is 75.2 Å². The topological polar surface area (TPSA) is 0 Å². The van der Waals surface area contributed by atoms with Gasteiger partial charge in [-0.1, -0.05) is 46.4 Å². The van der Waals surface area contributed by atoms with Crippen LogP contribution in [0, 0.1) is 4.84 Å². The summed E-state index contributed by atoms with van der Waals surface area (Å²) in [5.74, 6) is 0. The average Bonchev–Trinajstić information content (AvgIpc) is 1.62. The van der Waals surface area contributed by atoms with Crippen molar-refractivity contribution in [3.05, 3.63) is 4.84 Å². The summed E-state index contributed by atoms with van der Waals surface area (Å²) >= 11 is 18.9. The first-order valence-electron chi connectivity index (χ1n) is 1.82. The first-order chi connectivity index (χ1) is 4.19. The summed E-state index contributed by atoms with van der Waals surface area (Å²) in [4.78, 5) is -1.14. The molecule has 0 aromatic rings. The van der Waals surface area contributed by atoms with Gasteiger partial charge in [-0.3, -0.25) is 0 Å². The van der Waals surface area contributed by atoms with Crippen molar-refractivity contribution in [2.75, 3.05) is 0 Å². The first-order valence-corrected chi connectivity index (χ1v) is 3.33.